The molecule has 3 nitrogen and oxygen atoms in total. The van der Waals surface area contributed by atoms with Gasteiger partial charge in [-0.05, 0) is 11.6 Å². The lowest BCUT2D eigenvalue weighted by molar-refractivity contribution is 0.382. The summed E-state index contributed by atoms with van der Waals surface area (Å²) in [5, 5.41) is 10.9. The van der Waals surface area contributed by atoms with Crippen molar-refractivity contribution in [2.24, 2.45) is 0 Å². The Morgan fingerprint density at radius 3 is 2.62 bits per heavy atom. The molecule has 0 aliphatic heterocycles. The first-order valence-corrected chi connectivity index (χ1v) is 10.1. The SMILES string of the molecule is C=C(O)CCn1cc(Cc2nc3c(F)c(F)cc(F)c3s2)c2ccccc21.CC. The molecule has 2 aromatic heterocycles. The van der Waals surface area contributed by atoms with Gasteiger partial charge in [-0.3, -0.25) is 0 Å². The van der Waals surface area contributed by atoms with E-state index in [2.05, 4.69) is 11.6 Å². The molecule has 0 bridgehead atoms. The molecule has 7 heteroatoms. The molecule has 0 aliphatic rings. The Labute approximate surface area is 170 Å². The maximum absolute atomic E-state index is 13.9. The van der Waals surface area contributed by atoms with Crippen molar-refractivity contribution in [1.82, 2.24) is 9.55 Å². The van der Waals surface area contributed by atoms with Crippen LogP contribution in [-0.4, -0.2) is 14.7 Å². The zero-order valence-electron chi connectivity index (χ0n) is 16.2. The van der Waals surface area contributed by atoms with Crippen molar-refractivity contribution in [1.29, 1.82) is 0 Å². The molecule has 0 amide bonds. The minimum absolute atomic E-state index is 0.0178. The Bertz CT molecular complexity index is 1180. The van der Waals surface area contributed by atoms with Gasteiger partial charge in [-0.25, -0.2) is 18.2 Å². The molecular weight excluding hydrogens is 397 g/mol. The fourth-order valence-corrected chi connectivity index (χ4v) is 4.15. The zero-order valence-corrected chi connectivity index (χ0v) is 17.0. The lowest BCUT2D eigenvalue weighted by atomic mass is 10.1. The fraction of sp³-hybridized carbons (Fsp3) is 0.227. The number of nitrogens with zero attached hydrogens (tertiary/aromatic N) is 2. The highest BCUT2D eigenvalue weighted by Gasteiger charge is 2.18. The predicted octanol–water partition coefficient (Wildman–Crippen LogP) is 6.75. The quantitative estimate of drug-likeness (QED) is 0.288. The maximum Gasteiger partial charge on any atom is 0.186 e. The molecule has 0 saturated heterocycles. The first-order valence-electron chi connectivity index (χ1n) is 9.30. The van der Waals surface area contributed by atoms with Crippen LogP contribution in [0.1, 0.15) is 30.8 Å². The number of aliphatic hydroxyl groups is 1. The van der Waals surface area contributed by atoms with Crippen molar-refractivity contribution in [3.63, 3.8) is 0 Å². The lowest BCUT2D eigenvalue weighted by Gasteiger charge is -2.03. The molecule has 2 aromatic carbocycles. The van der Waals surface area contributed by atoms with Gasteiger partial charge in [0.25, 0.3) is 0 Å². The summed E-state index contributed by atoms with van der Waals surface area (Å²) in [7, 11) is 0. The summed E-state index contributed by atoms with van der Waals surface area (Å²) >= 11 is 1.02. The molecule has 0 spiro atoms. The van der Waals surface area contributed by atoms with Gasteiger partial charge in [0.1, 0.15) is 11.3 Å². The number of fused-ring (bicyclic) bond motifs is 2. The molecule has 0 saturated carbocycles. The summed E-state index contributed by atoms with van der Waals surface area (Å²) in [6.45, 7) is 8.06. The van der Waals surface area contributed by atoms with E-state index < -0.39 is 17.5 Å². The minimum Gasteiger partial charge on any atom is -0.513 e. The van der Waals surface area contributed by atoms with Crippen LogP contribution in [0.5, 0.6) is 0 Å². The van der Waals surface area contributed by atoms with Gasteiger partial charge in [0, 0.05) is 42.6 Å². The smallest absolute Gasteiger partial charge is 0.186 e. The highest BCUT2D eigenvalue weighted by atomic mass is 32.1. The minimum atomic E-state index is -1.24. The zero-order chi connectivity index (χ0) is 21.1. The van der Waals surface area contributed by atoms with Gasteiger partial charge < -0.3 is 9.67 Å². The third kappa shape index (κ3) is 4.15. The number of thiazole rings is 1. The van der Waals surface area contributed by atoms with Crippen molar-refractivity contribution in [3.8, 4) is 0 Å². The van der Waals surface area contributed by atoms with Crippen LogP contribution in [0.2, 0.25) is 0 Å². The molecule has 152 valence electrons. The maximum atomic E-state index is 13.9. The van der Waals surface area contributed by atoms with E-state index in [4.69, 9.17) is 0 Å². The van der Waals surface area contributed by atoms with Gasteiger partial charge in [0.2, 0.25) is 0 Å². The molecule has 0 fully saturated rings. The van der Waals surface area contributed by atoms with Crippen LogP contribution in [0, 0.1) is 17.5 Å². The van der Waals surface area contributed by atoms with E-state index in [1.807, 2.05) is 48.9 Å². The molecule has 0 radical (unpaired) electrons. The average Bonchev–Trinajstić information content (AvgIpc) is 3.29. The first kappa shape index (κ1) is 20.9. The number of hydrogen-bond donors (Lipinski definition) is 1. The molecular formula is C22H21F3N2OS. The van der Waals surface area contributed by atoms with E-state index in [1.165, 1.54) is 0 Å². The second kappa shape index (κ2) is 8.69. The lowest BCUT2D eigenvalue weighted by Crippen LogP contribution is -1.97. The van der Waals surface area contributed by atoms with E-state index in [0.717, 1.165) is 27.8 Å². The third-order valence-corrected chi connectivity index (χ3v) is 5.48. The Morgan fingerprint density at radius 1 is 1.17 bits per heavy atom. The normalized spacial score (nSPS) is 10.9. The van der Waals surface area contributed by atoms with Crippen LogP contribution in [0.15, 0.2) is 48.9 Å². The van der Waals surface area contributed by atoms with Crippen molar-refractivity contribution >= 4 is 32.5 Å². The largest absolute Gasteiger partial charge is 0.513 e. The average molecular weight is 418 g/mol. The Kier molecular flexibility index (Phi) is 6.27. The number of aromatic nitrogens is 2. The van der Waals surface area contributed by atoms with Crippen LogP contribution in [0.4, 0.5) is 13.2 Å². The van der Waals surface area contributed by atoms with Crippen LogP contribution in [-0.2, 0) is 13.0 Å². The summed E-state index contributed by atoms with van der Waals surface area (Å²) < 4.78 is 43.3. The summed E-state index contributed by atoms with van der Waals surface area (Å²) in [4.78, 5) is 4.12. The summed E-state index contributed by atoms with van der Waals surface area (Å²) in [5.74, 6) is -3.07. The van der Waals surface area contributed by atoms with E-state index in [-0.39, 0.29) is 16.0 Å². The number of aliphatic hydroxyl groups excluding tert-OH is 1. The van der Waals surface area contributed by atoms with Crippen LogP contribution in [0.25, 0.3) is 21.1 Å². The van der Waals surface area contributed by atoms with Gasteiger partial charge in [0.15, 0.2) is 11.6 Å². The number of rotatable bonds is 5. The first-order chi connectivity index (χ1) is 13.9. The number of allylic oxidation sites excluding steroid dienone is 1. The van der Waals surface area contributed by atoms with Crippen LogP contribution >= 0.6 is 11.3 Å². The van der Waals surface area contributed by atoms with Crippen molar-refractivity contribution < 1.29 is 18.3 Å². The number of halogens is 3. The van der Waals surface area contributed by atoms with Gasteiger partial charge in [-0.1, -0.05) is 38.6 Å². The molecule has 29 heavy (non-hydrogen) atoms. The van der Waals surface area contributed by atoms with Crippen LogP contribution < -0.4 is 0 Å². The second-order valence-electron chi connectivity index (χ2n) is 6.30. The van der Waals surface area contributed by atoms with Crippen molar-refractivity contribution in [2.75, 3.05) is 0 Å². The fourth-order valence-electron chi connectivity index (χ4n) is 3.17. The molecule has 4 aromatic rings. The molecule has 2 heterocycles. The predicted molar refractivity (Wildman–Crippen MR) is 112 cm³/mol. The van der Waals surface area contributed by atoms with Crippen LogP contribution in [0.3, 0.4) is 0 Å². The van der Waals surface area contributed by atoms with Gasteiger partial charge in [-0.2, -0.15) is 0 Å². The molecule has 0 aliphatic carbocycles. The topological polar surface area (TPSA) is 38.0 Å². The Hall–Kier alpha value is -2.80. The summed E-state index contributed by atoms with van der Waals surface area (Å²) in [6.07, 6.45) is 2.73. The van der Waals surface area contributed by atoms with Gasteiger partial charge in [0.05, 0.1) is 15.5 Å². The number of benzene rings is 2. The Morgan fingerprint density at radius 2 is 1.90 bits per heavy atom. The highest BCUT2D eigenvalue weighted by molar-refractivity contribution is 7.18. The van der Waals surface area contributed by atoms with E-state index in [9.17, 15) is 18.3 Å². The van der Waals surface area contributed by atoms with E-state index in [0.29, 0.717) is 30.5 Å². The summed E-state index contributed by atoms with van der Waals surface area (Å²) in [6, 6.07) is 8.30. The highest BCUT2D eigenvalue weighted by Crippen LogP contribution is 2.31. The van der Waals surface area contributed by atoms with Gasteiger partial charge in [-0.15, -0.1) is 11.3 Å². The molecule has 4 rings (SSSR count). The van der Waals surface area contributed by atoms with E-state index >= 15 is 0 Å². The second-order valence-corrected chi connectivity index (χ2v) is 7.38. The monoisotopic (exact) mass is 418 g/mol. The molecule has 0 atom stereocenters. The Balaban J connectivity index is 0.00000117. The van der Waals surface area contributed by atoms with Crippen molar-refractivity contribution in [3.05, 3.63) is 76.9 Å². The number of para-hydroxylation sites is 1. The summed E-state index contributed by atoms with van der Waals surface area (Å²) in [5.41, 5.74) is 1.65. The number of aryl methyl sites for hydroxylation is 1. The standard InChI is InChI=1S/C20H15F3N2OS.C2H6/c1-11(26)6-7-25-10-12(13-4-2-3-5-16(13)25)8-17-24-19-18(23)14(21)9-15(22)20(19)27-17;1-2/h2-5,9-10,26H,1,6-8H2;1-2H3. The molecule has 0 unspecified atom stereocenters. The van der Waals surface area contributed by atoms with E-state index in [1.54, 1.807) is 0 Å². The number of hydrogen-bond acceptors (Lipinski definition) is 3. The molecule has 1 N–H and O–H groups in total. The van der Waals surface area contributed by atoms with Gasteiger partial charge >= 0.3 is 0 Å². The third-order valence-electron chi connectivity index (χ3n) is 4.41. The van der Waals surface area contributed by atoms with Crippen molar-refractivity contribution in [2.45, 2.75) is 33.2 Å².